The van der Waals surface area contributed by atoms with E-state index in [2.05, 4.69) is 234 Å². The minimum absolute atomic E-state index is 0.786. The maximum Gasteiger partial charge on any atom is 0.135 e. The Hall–Kier alpha value is -7.81. The third-order valence-corrected chi connectivity index (χ3v) is 16.8. The summed E-state index contributed by atoms with van der Waals surface area (Å²) in [6.07, 6.45) is 0. The summed E-state index contributed by atoms with van der Waals surface area (Å²) in [6, 6.07) is 86.9. The standard InChI is InChI=1S/C38H25OP.C26H15BrO/c1-3-13-27(14-4-1)40(28-15-5-2-6-16-28)38-32-20-9-7-18-30(32)37(31-19-8-10-21-33(31)38)26-23-24-36-34(25-26)29-17-11-12-22-35(29)39-36;27-26-20-10-3-1-8-18(20)25(19-9-2-4-11-21(19)26)16-13-14-24-22(15-16)17-7-5-6-12-23(17)28-24/h1-25H;1-15H. The maximum absolute atomic E-state index is 6.17. The smallest absolute Gasteiger partial charge is 0.135 e. The van der Waals surface area contributed by atoms with Crippen LogP contribution in [-0.4, -0.2) is 0 Å². The predicted molar refractivity (Wildman–Crippen MR) is 295 cm³/mol. The highest BCUT2D eigenvalue weighted by atomic mass is 79.9. The van der Waals surface area contributed by atoms with Crippen molar-refractivity contribution in [2.45, 2.75) is 0 Å². The SMILES string of the molecule is Brc1c2ccccc2c(-c2ccc3oc4ccccc4c3c2)c2ccccc12.c1ccc(P(c2ccccc2)c2c3ccccc3c(-c3ccc4oc5ccccc5c4c3)c3ccccc23)cc1. The van der Waals surface area contributed by atoms with E-state index in [1.54, 1.807) is 0 Å². The summed E-state index contributed by atoms with van der Waals surface area (Å²) in [4.78, 5) is 0. The number of para-hydroxylation sites is 2. The molecule has 12 aromatic carbocycles. The number of benzene rings is 12. The molecule has 0 saturated carbocycles. The lowest BCUT2D eigenvalue weighted by Gasteiger charge is -2.25. The van der Waals surface area contributed by atoms with E-state index in [1.165, 1.54) is 81.3 Å². The third-order valence-electron chi connectivity index (χ3n) is 13.4. The first-order valence-electron chi connectivity index (χ1n) is 22.9. The van der Waals surface area contributed by atoms with Crippen molar-refractivity contribution in [3.63, 3.8) is 0 Å². The third kappa shape index (κ3) is 6.73. The number of fused-ring (bicyclic) bond motifs is 10. The quantitative estimate of drug-likeness (QED) is 0.127. The lowest BCUT2D eigenvalue weighted by atomic mass is 9.91. The molecule has 0 saturated heterocycles. The summed E-state index contributed by atoms with van der Waals surface area (Å²) in [5.41, 5.74) is 8.67. The van der Waals surface area contributed by atoms with Crippen LogP contribution in [0.5, 0.6) is 0 Å². The molecule has 2 nitrogen and oxygen atoms in total. The van der Waals surface area contributed by atoms with Crippen LogP contribution in [-0.2, 0) is 0 Å². The molecule has 0 bridgehead atoms. The number of furan rings is 2. The Balaban J connectivity index is 0.000000143. The van der Waals surface area contributed by atoms with Crippen molar-refractivity contribution < 1.29 is 8.83 Å². The normalized spacial score (nSPS) is 11.7. The molecule has 2 heterocycles. The van der Waals surface area contributed by atoms with Gasteiger partial charge in [-0.3, -0.25) is 0 Å². The molecule has 0 unspecified atom stereocenters. The topological polar surface area (TPSA) is 26.3 Å². The molecule has 320 valence electrons. The van der Waals surface area contributed by atoms with Crippen LogP contribution in [0.3, 0.4) is 0 Å². The van der Waals surface area contributed by atoms with Gasteiger partial charge in [0, 0.05) is 31.3 Å². The second-order valence-electron chi connectivity index (χ2n) is 17.2. The lowest BCUT2D eigenvalue weighted by Crippen LogP contribution is -2.22. The Kier molecular flexibility index (Phi) is 10.0. The molecule has 0 N–H and O–H groups in total. The molecular weight excluding hydrogens is 912 g/mol. The van der Waals surface area contributed by atoms with Crippen LogP contribution in [0.2, 0.25) is 0 Å². The van der Waals surface area contributed by atoms with Gasteiger partial charge in [0.05, 0.1) is 0 Å². The monoisotopic (exact) mass is 950 g/mol. The minimum atomic E-state index is -0.786. The van der Waals surface area contributed by atoms with Crippen LogP contribution >= 0.6 is 23.9 Å². The van der Waals surface area contributed by atoms with E-state index >= 15 is 0 Å². The molecule has 0 aliphatic carbocycles. The zero-order valence-corrected chi connectivity index (χ0v) is 39.2. The van der Waals surface area contributed by atoms with Crippen molar-refractivity contribution in [2.75, 3.05) is 0 Å². The van der Waals surface area contributed by atoms with Gasteiger partial charge in [0.2, 0.25) is 0 Å². The number of halogens is 1. The van der Waals surface area contributed by atoms with E-state index < -0.39 is 7.92 Å². The Bertz CT molecular complexity index is 4070. The zero-order chi connectivity index (χ0) is 45.1. The van der Waals surface area contributed by atoms with E-state index in [0.29, 0.717) is 0 Å². The summed E-state index contributed by atoms with van der Waals surface area (Å²) < 4.78 is 13.3. The van der Waals surface area contributed by atoms with Crippen molar-refractivity contribution in [3.8, 4) is 22.3 Å². The highest BCUT2D eigenvalue weighted by Crippen LogP contribution is 2.46. The van der Waals surface area contributed by atoms with E-state index in [-0.39, 0.29) is 0 Å². The van der Waals surface area contributed by atoms with Crippen molar-refractivity contribution >= 4 is 127 Å². The average molecular weight is 952 g/mol. The van der Waals surface area contributed by atoms with Gasteiger partial charge in [-0.25, -0.2) is 0 Å². The summed E-state index contributed by atoms with van der Waals surface area (Å²) in [6.45, 7) is 0. The van der Waals surface area contributed by atoms with E-state index in [1.807, 2.05) is 24.3 Å². The first kappa shape index (κ1) is 40.5. The molecule has 0 amide bonds. The van der Waals surface area contributed by atoms with Crippen LogP contribution < -0.4 is 15.9 Å². The fourth-order valence-electron chi connectivity index (χ4n) is 10.4. The van der Waals surface area contributed by atoms with Gasteiger partial charge in [-0.15, -0.1) is 0 Å². The number of rotatable bonds is 5. The van der Waals surface area contributed by atoms with Crippen molar-refractivity contribution in [1.82, 2.24) is 0 Å². The van der Waals surface area contributed by atoms with E-state index in [0.717, 1.165) is 48.3 Å². The summed E-state index contributed by atoms with van der Waals surface area (Å²) in [5, 5.41) is 18.9. The largest absolute Gasteiger partial charge is 0.456 e. The summed E-state index contributed by atoms with van der Waals surface area (Å²) in [7, 11) is -0.786. The van der Waals surface area contributed by atoms with Crippen molar-refractivity contribution in [3.05, 3.63) is 247 Å². The minimum Gasteiger partial charge on any atom is -0.456 e. The Morgan fingerprint density at radius 1 is 0.265 bits per heavy atom. The molecule has 14 rings (SSSR count). The average Bonchev–Trinajstić information content (AvgIpc) is 3.97. The second kappa shape index (κ2) is 16.8. The number of hydrogen-bond acceptors (Lipinski definition) is 2. The molecule has 0 spiro atoms. The molecule has 0 aliphatic heterocycles. The molecule has 0 atom stereocenters. The van der Waals surface area contributed by atoms with Gasteiger partial charge in [0.1, 0.15) is 22.3 Å². The Labute approximate surface area is 402 Å². The van der Waals surface area contributed by atoms with Crippen LogP contribution in [0.4, 0.5) is 0 Å². The molecule has 0 radical (unpaired) electrons. The number of hydrogen-bond donors (Lipinski definition) is 0. The van der Waals surface area contributed by atoms with Crippen molar-refractivity contribution in [2.24, 2.45) is 0 Å². The van der Waals surface area contributed by atoms with Gasteiger partial charge in [-0.05, 0) is 136 Å². The van der Waals surface area contributed by atoms with Gasteiger partial charge >= 0.3 is 0 Å². The van der Waals surface area contributed by atoms with Gasteiger partial charge < -0.3 is 8.83 Å². The zero-order valence-electron chi connectivity index (χ0n) is 36.7. The van der Waals surface area contributed by atoms with Crippen LogP contribution in [0.1, 0.15) is 0 Å². The van der Waals surface area contributed by atoms with Gasteiger partial charge in [0.25, 0.3) is 0 Å². The van der Waals surface area contributed by atoms with Gasteiger partial charge in [-0.2, -0.15) is 0 Å². The Morgan fingerprint density at radius 2 is 0.574 bits per heavy atom. The first-order chi connectivity index (χ1) is 33.7. The molecular formula is C64H40BrO2P. The molecule has 4 heteroatoms. The van der Waals surface area contributed by atoms with E-state index in [9.17, 15) is 0 Å². The first-order valence-corrected chi connectivity index (χ1v) is 25.1. The highest BCUT2D eigenvalue weighted by molar-refractivity contribution is 9.10. The van der Waals surface area contributed by atoms with Crippen molar-refractivity contribution in [1.29, 1.82) is 0 Å². The van der Waals surface area contributed by atoms with Gasteiger partial charge in [0.15, 0.2) is 0 Å². The fraction of sp³-hybridized carbons (Fsp3) is 0. The van der Waals surface area contributed by atoms with Crippen LogP contribution in [0.15, 0.2) is 256 Å². The molecule has 0 fully saturated rings. The molecule has 2 aromatic heterocycles. The maximum atomic E-state index is 6.17. The van der Waals surface area contributed by atoms with E-state index in [4.69, 9.17) is 8.83 Å². The molecule has 14 aromatic rings. The predicted octanol–water partition coefficient (Wildman–Crippen LogP) is 17.6. The Morgan fingerprint density at radius 3 is 0.985 bits per heavy atom. The molecule has 0 aliphatic rings. The fourth-order valence-corrected chi connectivity index (χ4v) is 13.7. The summed E-state index contributed by atoms with van der Waals surface area (Å²) in [5.74, 6) is 0. The summed E-state index contributed by atoms with van der Waals surface area (Å²) >= 11 is 3.84. The molecule has 68 heavy (non-hydrogen) atoms. The van der Waals surface area contributed by atoms with Crippen LogP contribution in [0.25, 0.3) is 109 Å². The van der Waals surface area contributed by atoms with Gasteiger partial charge in [-0.1, -0.05) is 206 Å². The lowest BCUT2D eigenvalue weighted by molar-refractivity contribution is 0.668. The second-order valence-corrected chi connectivity index (χ2v) is 20.2. The van der Waals surface area contributed by atoms with Crippen LogP contribution in [0, 0.1) is 0 Å². The highest BCUT2D eigenvalue weighted by Gasteiger charge is 2.24.